The van der Waals surface area contributed by atoms with Gasteiger partial charge in [0.1, 0.15) is 5.82 Å². The Morgan fingerprint density at radius 2 is 1.64 bits per heavy atom. The molecule has 8 heteroatoms. The molecule has 0 atom stereocenters. The smallest absolute Gasteiger partial charge is 0.253 e. The van der Waals surface area contributed by atoms with Crippen molar-refractivity contribution in [2.45, 2.75) is 6.92 Å². The van der Waals surface area contributed by atoms with Gasteiger partial charge in [-0.25, -0.2) is 12.8 Å². The zero-order valence-corrected chi connectivity index (χ0v) is 17.0. The normalized spacial score (nSPS) is 14.9. The summed E-state index contributed by atoms with van der Waals surface area (Å²) in [6.07, 6.45) is 1.14. The number of carbonyl (C=O) groups is 1. The van der Waals surface area contributed by atoms with Crippen LogP contribution in [0, 0.1) is 12.7 Å². The zero-order valence-electron chi connectivity index (χ0n) is 16.2. The number of anilines is 2. The van der Waals surface area contributed by atoms with Crippen LogP contribution in [-0.2, 0) is 10.0 Å². The van der Waals surface area contributed by atoms with Crippen LogP contribution in [-0.4, -0.2) is 58.7 Å². The minimum atomic E-state index is -3.36. The molecule has 0 unspecified atom stereocenters. The molecule has 1 saturated heterocycles. The number of rotatable bonds is 4. The van der Waals surface area contributed by atoms with Gasteiger partial charge in [-0.15, -0.1) is 0 Å². The third-order valence-corrected chi connectivity index (χ3v) is 6.23. The van der Waals surface area contributed by atoms with Crippen molar-refractivity contribution in [2.24, 2.45) is 0 Å². The number of hydrogen-bond donors (Lipinski definition) is 0. The molecule has 28 heavy (non-hydrogen) atoms. The number of aryl methyl sites for hydroxylation is 1. The molecule has 1 amide bonds. The quantitative estimate of drug-likeness (QED) is 0.784. The van der Waals surface area contributed by atoms with Crippen LogP contribution >= 0.6 is 0 Å². The molecule has 0 radical (unpaired) electrons. The van der Waals surface area contributed by atoms with Crippen molar-refractivity contribution in [1.82, 2.24) is 4.90 Å². The van der Waals surface area contributed by atoms with Gasteiger partial charge in [-0.2, -0.15) is 0 Å². The highest BCUT2D eigenvalue weighted by molar-refractivity contribution is 7.92. The fourth-order valence-corrected chi connectivity index (χ4v) is 3.88. The molecule has 0 aliphatic carbocycles. The first-order valence-electron chi connectivity index (χ1n) is 9.01. The van der Waals surface area contributed by atoms with Gasteiger partial charge in [0.25, 0.3) is 5.91 Å². The summed E-state index contributed by atoms with van der Waals surface area (Å²) in [5, 5.41) is 0. The number of nitrogens with zero attached hydrogens (tertiary/aromatic N) is 3. The van der Waals surface area contributed by atoms with Gasteiger partial charge in [0.15, 0.2) is 0 Å². The van der Waals surface area contributed by atoms with E-state index >= 15 is 0 Å². The summed E-state index contributed by atoms with van der Waals surface area (Å²) in [6.45, 7) is 4.28. The zero-order chi connectivity index (χ0) is 20.5. The standard InChI is InChI=1S/C20H24FN3O3S/c1-15-14-16(4-9-19(15)22(2)28(3,26)27)20(25)24-12-10-23(11-13-24)18-7-5-17(21)6-8-18/h4-9,14H,10-13H2,1-3H3. The van der Waals surface area contributed by atoms with Gasteiger partial charge in [-0.1, -0.05) is 0 Å². The number of hydrogen-bond acceptors (Lipinski definition) is 4. The van der Waals surface area contributed by atoms with Crippen LogP contribution in [0.1, 0.15) is 15.9 Å². The Balaban J connectivity index is 1.68. The van der Waals surface area contributed by atoms with E-state index in [1.54, 1.807) is 42.2 Å². The van der Waals surface area contributed by atoms with Crippen molar-refractivity contribution in [3.8, 4) is 0 Å². The summed E-state index contributed by atoms with van der Waals surface area (Å²) in [6, 6.07) is 11.4. The van der Waals surface area contributed by atoms with E-state index in [4.69, 9.17) is 0 Å². The minimum Gasteiger partial charge on any atom is -0.368 e. The monoisotopic (exact) mass is 405 g/mol. The van der Waals surface area contributed by atoms with Gasteiger partial charge in [0.05, 0.1) is 11.9 Å². The average Bonchev–Trinajstić information content (AvgIpc) is 2.67. The van der Waals surface area contributed by atoms with Gasteiger partial charge < -0.3 is 9.80 Å². The maximum absolute atomic E-state index is 13.1. The summed E-state index contributed by atoms with van der Waals surface area (Å²) in [7, 11) is -1.86. The highest BCUT2D eigenvalue weighted by Crippen LogP contribution is 2.24. The van der Waals surface area contributed by atoms with Gasteiger partial charge >= 0.3 is 0 Å². The van der Waals surface area contributed by atoms with Crippen LogP contribution < -0.4 is 9.21 Å². The highest BCUT2D eigenvalue weighted by Gasteiger charge is 2.23. The van der Waals surface area contributed by atoms with E-state index in [-0.39, 0.29) is 11.7 Å². The molecule has 0 spiro atoms. The second-order valence-electron chi connectivity index (χ2n) is 6.99. The van der Waals surface area contributed by atoms with Gasteiger partial charge in [-0.05, 0) is 55.0 Å². The first-order valence-corrected chi connectivity index (χ1v) is 10.9. The van der Waals surface area contributed by atoms with Crippen molar-refractivity contribution in [1.29, 1.82) is 0 Å². The lowest BCUT2D eigenvalue weighted by Gasteiger charge is -2.36. The van der Waals surface area contributed by atoms with E-state index in [0.717, 1.165) is 17.5 Å². The number of sulfonamides is 1. The van der Waals surface area contributed by atoms with Crippen LogP contribution in [0.15, 0.2) is 42.5 Å². The first kappa shape index (κ1) is 20.1. The van der Waals surface area contributed by atoms with Crippen LogP contribution in [0.25, 0.3) is 0 Å². The molecule has 6 nitrogen and oxygen atoms in total. The molecule has 1 heterocycles. The number of carbonyl (C=O) groups excluding carboxylic acids is 1. The molecule has 0 bridgehead atoms. The van der Waals surface area contributed by atoms with E-state index in [9.17, 15) is 17.6 Å². The van der Waals surface area contributed by atoms with Crippen LogP contribution in [0.5, 0.6) is 0 Å². The van der Waals surface area contributed by atoms with E-state index in [0.29, 0.717) is 37.4 Å². The maximum atomic E-state index is 13.1. The lowest BCUT2D eigenvalue weighted by Crippen LogP contribution is -2.48. The Labute approximate surface area is 165 Å². The highest BCUT2D eigenvalue weighted by atomic mass is 32.2. The Kier molecular flexibility index (Phi) is 5.60. The summed E-state index contributed by atoms with van der Waals surface area (Å²) < 4.78 is 37.8. The summed E-state index contributed by atoms with van der Waals surface area (Å²) in [5.74, 6) is -0.340. The third kappa shape index (κ3) is 4.27. The van der Waals surface area contributed by atoms with Gasteiger partial charge in [-0.3, -0.25) is 9.10 Å². The molecule has 150 valence electrons. The van der Waals surface area contributed by atoms with E-state index < -0.39 is 10.0 Å². The minimum absolute atomic E-state index is 0.0737. The maximum Gasteiger partial charge on any atom is 0.253 e. The molecule has 2 aromatic carbocycles. The van der Waals surface area contributed by atoms with Crippen molar-refractivity contribution < 1.29 is 17.6 Å². The first-order chi connectivity index (χ1) is 13.2. The van der Waals surface area contributed by atoms with E-state index in [1.807, 2.05) is 0 Å². The predicted octanol–water partition coefficient (Wildman–Crippen LogP) is 2.49. The van der Waals surface area contributed by atoms with Crippen LogP contribution in [0.4, 0.5) is 15.8 Å². The summed E-state index contributed by atoms with van der Waals surface area (Å²) >= 11 is 0. The Morgan fingerprint density at radius 3 is 2.18 bits per heavy atom. The second-order valence-corrected chi connectivity index (χ2v) is 9.00. The summed E-state index contributed by atoms with van der Waals surface area (Å²) in [4.78, 5) is 16.8. The number of piperazine rings is 1. The molecular formula is C20H24FN3O3S. The van der Waals surface area contributed by atoms with Crippen LogP contribution in [0.2, 0.25) is 0 Å². The fourth-order valence-electron chi connectivity index (χ4n) is 3.32. The van der Waals surface area contributed by atoms with E-state index in [1.165, 1.54) is 23.5 Å². The largest absolute Gasteiger partial charge is 0.368 e. The second kappa shape index (κ2) is 7.79. The molecule has 1 aliphatic rings. The number of benzene rings is 2. The van der Waals surface area contributed by atoms with Crippen molar-refractivity contribution in [2.75, 3.05) is 48.7 Å². The topological polar surface area (TPSA) is 60.9 Å². The number of amides is 1. The molecule has 0 N–H and O–H groups in total. The molecular weight excluding hydrogens is 381 g/mol. The third-order valence-electron chi connectivity index (χ3n) is 5.04. The molecule has 3 rings (SSSR count). The summed E-state index contributed by atoms with van der Waals surface area (Å²) in [5.41, 5.74) is 2.76. The molecule has 1 aliphatic heterocycles. The SMILES string of the molecule is Cc1cc(C(=O)N2CCN(c3ccc(F)cc3)CC2)ccc1N(C)S(C)(=O)=O. The fraction of sp³-hybridized carbons (Fsp3) is 0.350. The van der Waals surface area contributed by atoms with Gasteiger partial charge in [0, 0.05) is 44.5 Å². The Bertz CT molecular complexity index is 969. The predicted molar refractivity (Wildman–Crippen MR) is 109 cm³/mol. The van der Waals surface area contributed by atoms with Gasteiger partial charge in [0.2, 0.25) is 10.0 Å². The molecule has 0 saturated carbocycles. The van der Waals surface area contributed by atoms with Crippen molar-refractivity contribution in [3.05, 3.63) is 59.4 Å². The average molecular weight is 405 g/mol. The number of halogens is 1. The Morgan fingerprint density at radius 1 is 1.04 bits per heavy atom. The van der Waals surface area contributed by atoms with Crippen molar-refractivity contribution >= 4 is 27.3 Å². The van der Waals surface area contributed by atoms with Crippen molar-refractivity contribution in [3.63, 3.8) is 0 Å². The van der Waals surface area contributed by atoms with E-state index in [2.05, 4.69) is 4.90 Å². The lowest BCUT2D eigenvalue weighted by molar-refractivity contribution is 0.0746. The molecule has 1 fully saturated rings. The molecule has 0 aromatic heterocycles. The lowest BCUT2D eigenvalue weighted by atomic mass is 10.1. The Hall–Kier alpha value is -2.61. The van der Waals surface area contributed by atoms with Crippen LogP contribution in [0.3, 0.4) is 0 Å². The molecule has 2 aromatic rings.